The molecule has 0 radical (unpaired) electrons. The third kappa shape index (κ3) is 1.71. The van der Waals surface area contributed by atoms with E-state index in [1.165, 1.54) is 43.0 Å². The van der Waals surface area contributed by atoms with Gasteiger partial charge in [0.2, 0.25) is 0 Å². The van der Waals surface area contributed by atoms with Crippen molar-refractivity contribution in [2.45, 2.75) is 9.79 Å². The van der Waals surface area contributed by atoms with Gasteiger partial charge in [-0.3, -0.25) is 0 Å². The lowest BCUT2D eigenvalue weighted by Gasteiger charge is -2.29. The van der Waals surface area contributed by atoms with Crippen molar-refractivity contribution in [3.05, 3.63) is 60.7 Å². The Hall–Kier alpha value is -2.39. The molecule has 3 heteroatoms. The van der Waals surface area contributed by atoms with Gasteiger partial charge in [0.05, 0.1) is 16.9 Å². The fourth-order valence-electron chi connectivity index (χ4n) is 3.59. The third-order valence-corrected chi connectivity index (χ3v) is 5.91. The maximum absolute atomic E-state index is 2.34. The van der Waals surface area contributed by atoms with E-state index in [2.05, 4.69) is 84.2 Å². The van der Waals surface area contributed by atoms with E-state index in [0.29, 0.717) is 0 Å². The molecule has 112 valence electrons. The molecule has 23 heavy (non-hydrogen) atoms. The van der Waals surface area contributed by atoms with Gasteiger partial charge in [0, 0.05) is 40.2 Å². The van der Waals surface area contributed by atoms with Gasteiger partial charge in [-0.2, -0.15) is 0 Å². The Morgan fingerprint density at radius 1 is 0.696 bits per heavy atom. The van der Waals surface area contributed by atoms with Crippen LogP contribution in [0.25, 0.3) is 21.8 Å². The second-order valence-corrected chi connectivity index (χ2v) is 7.13. The Morgan fingerprint density at radius 2 is 1.48 bits per heavy atom. The largest absolute Gasteiger partial charge is 0.344 e. The van der Waals surface area contributed by atoms with Gasteiger partial charge in [-0.15, -0.1) is 0 Å². The lowest BCUT2D eigenvalue weighted by molar-refractivity contribution is 1.01. The molecule has 2 nitrogen and oxygen atoms in total. The van der Waals surface area contributed by atoms with E-state index < -0.39 is 0 Å². The van der Waals surface area contributed by atoms with E-state index in [1.54, 1.807) is 0 Å². The van der Waals surface area contributed by atoms with Crippen LogP contribution in [0.3, 0.4) is 0 Å². The molecule has 0 spiro atoms. The number of benzene rings is 3. The van der Waals surface area contributed by atoms with Crippen LogP contribution in [0.5, 0.6) is 0 Å². The van der Waals surface area contributed by atoms with Crippen LogP contribution < -0.4 is 4.90 Å². The SMILES string of the molecule is CN1c2ccccc2Sc2cc3c(cc21)c1ccccc1n3C. The molecular weight excluding hydrogens is 300 g/mol. The lowest BCUT2D eigenvalue weighted by atomic mass is 10.1. The molecule has 0 N–H and O–H groups in total. The van der Waals surface area contributed by atoms with E-state index >= 15 is 0 Å². The van der Waals surface area contributed by atoms with Gasteiger partial charge < -0.3 is 9.47 Å². The van der Waals surface area contributed by atoms with Gasteiger partial charge in [-0.1, -0.05) is 42.1 Å². The number of aromatic nitrogens is 1. The first-order chi connectivity index (χ1) is 11.2. The van der Waals surface area contributed by atoms with Crippen LogP contribution in [-0.4, -0.2) is 11.6 Å². The average Bonchev–Trinajstić information content (AvgIpc) is 2.87. The van der Waals surface area contributed by atoms with Crippen molar-refractivity contribution in [3.63, 3.8) is 0 Å². The van der Waals surface area contributed by atoms with E-state index in [4.69, 9.17) is 0 Å². The monoisotopic (exact) mass is 316 g/mol. The molecule has 5 rings (SSSR count). The van der Waals surface area contributed by atoms with Gasteiger partial charge in [-0.25, -0.2) is 0 Å². The molecule has 0 atom stereocenters. The second kappa shape index (κ2) is 4.56. The number of para-hydroxylation sites is 2. The number of nitrogens with zero attached hydrogens (tertiary/aromatic N) is 2. The van der Waals surface area contributed by atoms with Crippen LogP contribution in [0.2, 0.25) is 0 Å². The van der Waals surface area contributed by atoms with Crippen molar-refractivity contribution in [1.29, 1.82) is 0 Å². The number of aryl methyl sites for hydroxylation is 1. The smallest absolute Gasteiger partial charge is 0.0558 e. The zero-order valence-electron chi connectivity index (χ0n) is 13.1. The second-order valence-electron chi connectivity index (χ2n) is 6.04. The van der Waals surface area contributed by atoms with Crippen LogP contribution in [0.4, 0.5) is 11.4 Å². The summed E-state index contributed by atoms with van der Waals surface area (Å²) in [5, 5.41) is 2.65. The standard InChI is InChI=1S/C20H16N2S/c1-21-15-8-4-3-7-13(15)14-11-18-20(12-17(14)21)23-19-10-6-5-9-16(19)22(18)2/h3-12H,1-2H3. The Bertz CT molecular complexity index is 1080. The predicted molar refractivity (Wildman–Crippen MR) is 99.1 cm³/mol. The minimum absolute atomic E-state index is 1.28. The van der Waals surface area contributed by atoms with Crippen LogP contribution in [0, 0.1) is 0 Å². The normalized spacial score (nSPS) is 13.4. The van der Waals surface area contributed by atoms with Crippen LogP contribution >= 0.6 is 11.8 Å². The summed E-state index contributed by atoms with van der Waals surface area (Å²) in [7, 11) is 4.32. The molecule has 2 heterocycles. The van der Waals surface area contributed by atoms with Crippen LogP contribution in [-0.2, 0) is 7.05 Å². The molecule has 3 aromatic carbocycles. The highest BCUT2D eigenvalue weighted by Crippen LogP contribution is 2.49. The molecule has 0 unspecified atom stereocenters. The zero-order valence-corrected chi connectivity index (χ0v) is 13.9. The number of hydrogen-bond acceptors (Lipinski definition) is 2. The maximum atomic E-state index is 2.34. The summed E-state index contributed by atoms with van der Waals surface area (Å²) < 4.78 is 2.30. The summed E-state index contributed by atoms with van der Waals surface area (Å²) >= 11 is 1.86. The Morgan fingerprint density at radius 3 is 2.39 bits per heavy atom. The zero-order chi connectivity index (χ0) is 15.6. The fourth-order valence-corrected chi connectivity index (χ4v) is 4.75. The minimum Gasteiger partial charge on any atom is -0.344 e. The number of anilines is 2. The van der Waals surface area contributed by atoms with Crippen molar-refractivity contribution in [3.8, 4) is 0 Å². The Kier molecular flexibility index (Phi) is 2.59. The van der Waals surface area contributed by atoms with Crippen molar-refractivity contribution >= 4 is 44.9 Å². The van der Waals surface area contributed by atoms with Crippen molar-refractivity contribution in [1.82, 2.24) is 4.57 Å². The number of hydrogen-bond donors (Lipinski definition) is 0. The maximum Gasteiger partial charge on any atom is 0.0558 e. The van der Waals surface area contributed by atoms with Gasteiger partial charge in [0.15, 0.2) is 0 Å². The predicted octanol–water partition coefficient (Wildman–Crippen LogP) is 5.56. The summed E-state index contributed by atoms with van der Waals surface area (Å²) in [6, 6.07) is 21.9. The van der Waals surface area contributed by atoms with Crippen LogP contribution in [0.1, 0.15) is 0 Å². The topological polar surface area (TPSA) is 8.17 Å². The molecule has 0 bridgehead atoms. The lowest BCUT2D eigenvalue weighted by Crippen LogP contribution is -2.14. The molecule has 1 aliphatic rings. The molecular formula is C20H16N2S. The minimum atomic E-state index is 1.28. The quantitative estimate of drug-likeness (QED) is 0.419. The highest BCUT2D eigenvalue weighted by atomic mass is 32.2. The number of fused-ring (bicyclic) bond motifs is 5. The Labute approximate surface area is 139 Å². The van der Waals surface area contributed by atoms with Crippen molar-refractivity contribution in [2.75, 3.05) is 11.9 Å². The molecule has 0 fully saturated rings. The van der Waals surface area contributed by atoms with Gasteiger partial charge in [0.1, 0.15) is 0 Å². The molecule has 0 saturated carbocycles. The van der Waals surface area contributed by atoms with E-state index in [-0.39, 0.29) is 0 Å². The van der Waals surface area contributed by atoms with Gasteiger partial charge in [0.25, 0.3) is 0 Å². The number of rotatable bonds is 0. The highest BCUT2D eigenvalue weighted by molar-refractivity contribution is 7.99. The molecule has 1 aromatic heterocycles. The third-order valence-electron chi connectivity index (χ3n) is 4.80. The van der Waals surface area contributed by atoms with Gasteiger partial charge >= 0.3 is 0 Å². The summed E-state index contributed by atoms with van der Waals surface area (Å²) in [6.07, 6.45) is 0. The van der Waals surface area contributed by atoms with E-state index in [1.807, 2.05) is 11.8 Å². The first kappa shape index (κ1) is 13.1. The summed E-state index contributed by atoms with van der Waals surface area (Å²) in [5.74, 6) is 0. The molecule has 4 aromatic rings. The van der Waals surface area contributed by atoms with E-state index in [9.17, 15) is 0 Å². The van der Waals surface area contributed by atoms with E-state index in [0.717, 1.165) is 0 Å². The molecule has 0 saturated heterocycles. The van der Waals surface area contributed by atoms with Crippen LogP contribution in [0.15, 0.2) is 70.5 Å². The van der Waals surface area contributed by atoms with Gasteiger partial charge in [-0.05, 0) is 30.3 Å². The van der Waals surface area contributed by atoms with Crippen molar-refractivity contribution < 1.29 is 0 Å². The molecule has 0 amide bonds. The summed E-state index contributed by atoms with van der Waals surface area (Å²) in [4.78, 5) is 4.95. The molecule has 0 aliphatic carbocycles. The Balaban J connectivity index is 1.85. The molecule has 1 aliphatic heterocycles. The van der Waals surface area contributed by atoms with Crippen molar-refractivity contribution in [2.24, 2.45) is 7.05 Å². The summed E-state index contributed by atoms with van der Waals surface area (Å²) in [6.45, 7) is 0. The summed E-state index contributed by atoms with van der Waals surface area (Å²) in [5.41, 5.74) is 5.15. The average molecular weight is 316 g/mol. The highest BCUT2D eigenvalue weighted by Gasteiger charge is 2.22. The fraction of sp³-hybridized carbons (Fsp3) is 0.100. The first-order valence-corrected chi connectivity index (χ1v) is 8.57. The first-order valence-electron chi connectivity index (χ1n) is 7.76.